The lowest BCUT2D eigenvalue weighted by Gasteiger charge is -2.38. The molecule has 5 heteroatoms. The van der Waals surface area contributed by atoms with Crippen molar-refractivity contribution in [3.63, 3.8) is 0 Å². The third kappa shape index (κ3) is 2.12. The fourth-order valence-corrected chi connectivity index (χ4v) is 4.09. The molecule has 1 aromatic carbocycles. The standard InChI is InChI=1S/C19H15N3OS/c1-2-5-17-14(4-1)16-12-15(18-6-3-11-24-18)21-22(16)19(23-17)13-7-9-20-10-8-13/h1-11,16,19H,12H2/t16-,19+/m1/s1. The Kier molecular flexibility index (Phi) is 3.13. The first-order chi connectivity index (χ1) is 11.9. The maximum Gasteiger partial charge on any atom is 0.213 e. The number of thiophene rings is 1. The van der Waals surface area contributed by atoms with E-state index in [1.165, 1.54) is 10.4 Å². The second kappa shape index (κ2) is 5.46. The van der Waals surface area contributed by atoms with E-state index in [1.54, 1.807) is 23.7 Å². The van der Waals surface area contributed by atoms with Crippen LogP contribution < -0.4 is 4.74 Å². The molecule has 2 aliphatic rings. The van der Waals surface area contributed by atoms with Gasteiger partial charge in [0.25, 0.3) is 0 Å². The molecule has 0 N–H and O–H groups in total. The van der Waals surface area contributed by atoms with Crippen LogP contribution in [0, 0.1) is 0 Å². The number of nitrogens with zero attached hydrogens (tertiary/aromatic N) is 3. The molecular weight excluding hydrogens is 318 g/mol. The van der Waals surface area contributed by atoms with E-state index in [2.05, 4.69) is 39.6 Å². The van der Waals surface area contributed by atoms with Crippen LogP contribution in [0.3, 0.4) is 0 Å². The van der Waals surface area contributed by atoms with Gasteiger partial charge in [0.2, 0.25) is 6.23 Å². The topological polar surface area (TPSA) is 37.7 Å². The molecule has 4 nitrogen and oxygen atoms in total. The zero-order valence-corrected chi connectivity index (χ0v) is 13.7. The molecule has 0 saturated heterocycles. The molecule has 3 aromatic rings. The average Bonchev–Trinajstić information content (AvgIpc) is 3.31. The zero-order chi connectivity index (χ0) is 15.9. The largest absolute Gasteiger partial charge is 0.464 e. The lowest BCUT2D eigenvalue weighted by atomic mass is 9.98. The van der Waals surface area contributed by atoms with Crippen LogP contribution in [0.5, 0.6) is 5.75 Å². The number of ether oxygens (including phenoxy) is 1. The van der Waals surface area contributed by atoms with Crippen molar-refractivity contribution in [1.82, 2.24) is 9.99 Å². The molecule has 0 saturated carbocycles. The van der Waals surface area contributed by atoms with Gasteiger partial charge in [0, 0.05) is 29.9 Å². The van der Waals surface area contributed by atoms with E-state index >= 15 is 0 Å². The number of hydrogen-bond acceptors (Lipinski definition) is 5. The molecule has 2 atom stereocenters. The van der Waals surface area contributed by atoms with Crippen LogP contribution in [-0.2, 0) is 0 Å². The second-order valence-electron chi connectivity index (χ2n) is 5.91. The summed E-state index contributed by atoms with van der Waals surface area (Å²) in [7, 11) is 0. The Morgan fingerprint density at radius 3 is 2.75 bits per heavy atom. The van der Waals surface area contributed by atoms with Crippen molar-refractivity contribution in [2.45, 2.75) is 18.7 Å². The molecule has 24 heavy (non-hydrogen) atoms. The molecule has 2 aliphatic heterocycles. The van der Waals surface area contributed by atoms with Crippen molar-refractivity contribution >= 4 is 17.0 Å². The van der Waals surface area contributed by atoms with E-state index in [0.717, 1.165) is 23.4 Å². The van der Waals surface area contributed by atoms with Crippen LogP contribution >= 0.6 is 11.3 Å². The maximum absolute atomic E-state index is 6.29. The highest BCUT2D eigenvalue weighted by Gasteiger charge is 2.40. The molecule has 0 spiro atoms. The molecule has 4 heterocycles. The number of para-hydroxylation sites is 1. The van der Waals surface area contributed by atoms with Crippen LogP contribution in [-0.4, -0.2) is 15.7 Å². The Hall–Kier alpha value is -2.66. The minimum Gasteiger partial charge on any atom is -0.464 e. The minimum atomic E-state index is -0.217. The van der Waals surface area contributed by atoms with Crippen molar-refractivity contribution in [3.05, 3.63) is 82.3 Å². The summed E-state index contributed by atoms with van der Waals surface area (Å²) < 4.78 is 6.29. The SMILES string of the molecule is c1csc(C2=NN3[C@H](C2)c2ccccc2O[C@H]3c2ccncc2)c1. The van der Waals surface area contributed by atoms with Gasteiger partial charge in [-0.05, 0) is 29.6 Å². The van der Waals surface area contributed by atoms with E-state index in [-0.39, 0.29) is 12.3 Å². The monoisotopic (exact) mass is 333 g/mol. The number of fused-ring (bicyclic) bond motifs is 3. The quantitative estimate of drug-likeness (QED) is 0.698. The van der Waals surface area contributed by atoms with Crippen molar-refractivity contribution in [2.24, 2.45) is 5.10 Å². The normalized spacial score (nSPS) is 21.7. The molecule has 2 aromatic heterocycles. The van der Waals surface area contributed by atoms with Gasteiger partial charge in [-0.1, -0.05) is 24.3 Å². The van der Waals surface area contributed by atoms with Crippen LogP contribution in [0.15, 0.2) is 71.4 Å². The Labute approximate surface area is 144 Å². The van der Waals surface area contributed by atoms with Crippen LogP contribution in [0.2, 0.25) is 0 Å². The number of hydrazone groups is 1. The summed E-state index contributed by atoms with van der Waals surface area (Å²) in [6.07, 6.45) is 4.29. The Morgan fingerprint density at radius 2 is 1.92 bits per heavy atom. The highest BCUT2D eigenvalue weighted by molar-refractivity contribution is 7.12. The van der Waals surface area contributed by atoms with Crippen LogP contribution in [0.1, 0.15) is 34.7 Å². The first-order valence-corrected chi connectivity index (χ1v) is 8.83. The van der Waals surface area contributed by atoms with Crippen LogP contribution in [0.4, 0.5) is 0 Å². The van der Waals surface area contributed by atoms with Crippen molar-refractivity contribution in [1.29, 1.82) is 0 Å². The first kappa shape index (κ1) is 13.7. The number of rotatable bonds is 2. The number of pyridine rings is 1. The Bertz CT molecular complexity index is 892. The van der Waals surface area contributed by atoms with Gasteiger partial charge in [-0.3, -0.25) is 4.98 Å². The van der Waals surface area contributed by atoms with Gasteiger partial charge < -0.3 is 4.74 Å². The summed E-state index contributed by atoms with van der Waals surface area (Å²) in [6, 6.07) is 16.7. The summed E-state index contributed by atoms with van der Waals surface area (Å²) >= 11 is 1.74. The molecule has 118 valence electrons. The molecule has 0 amide bonds. The van der Waals surface area contributed by atoms with Gasteiger partial charge in [0.15, 0.2) is 0 Å². The predicted octanol–water partition coefficient (Wildman–Crippen LogP) is 4.39. The van der Waals surface area contributed by atoms with Crippen molar-refractivity contribution in [2.75, 3.05) is 0 Å². The van der Waals surface area contributed by atoms with Gasteiger partial charge in [-0.25, -0.2) is 5.01 Å². The third-order valence-corrected chi connectivity index (χ3v) is 5.41. The highest BCUT2D eigenvalue weighted by atomic mass is 32.1. The third-order valence-electron chi connectivity index (χ3n) is 4.50. The Balaban J connectivity index is 1.62. The number of benzene rings is 1. The summed E-state index contributed by atoms with van der Waals surface area (Å²) in [6.45, 7) is 0. The highest BCUT2D eigenvalue weighted by Crippen LogP contribution is 2.47. The first-order valence-electron chi connectivity index (χ1n) is 7.95. The van der Waals surface area contributed by atoms with E-state index in [0.29, 0.717) is 0 Å². The summed E-state index contributed by atoms with van der Waals surface area (Å²) in [5, 5.41) is 9.13. The second-order valence-corrected chi connectivity index (χ2v) is 6.86. The molecule has 0 fully saturated rings. The maximum atomic E-state index is 6.29. The average molecular weight is 333 g/mol. The van der Waals surface area contributed by atoms with E-state index < -0.39 is 0 Å². The zero-order valence-electron chi connectivity index (χ0n) is 12.9. The lowest BCUT2D eigenvalue weighted by Crippen LogP contribution is -2.33. The summed E-state index contributed by atoms with van der Waals surface area (Å²) in [5.41, 5.74) is 3.41. The van der Waals surface area contributed by atoms with Crippen molar-refractivity contribution in [3.8, 4) is 5.75 Å². The molecular formula is C19H15N3OS. The molecule has 0 bridgehead atoms. The molecule has 0 aliphatic carbocycles. The Morgan fingerprint density at radius 1 is 1.04 bits per heavy atom. The fraction of sp³-hybridized carbons (Fsp3) is 0.158. The lowest BCUT2D eigenvalue weighted by molar-refractivity contribution is -0.0190. The van der Waals surface area contributed by atoms with E-state index in [9.17, 15) is 0 Å². The van der Waals surface area contributed by atoms with Crippen molar-refractivity contribution < 1.29 is 4.74 Å². The van der Waals surface area contributed by atoms with Gasteiger partial charge in [-0.2, -0.15) is 5.10 Å². The van der Waals surface area contributed by atoms with E-state index in [1.807, 2.05) is 24.3 Å². The van der Waals surface area contributed by atoms with Gasteiger partial charge in [0.1, 0.15) is 5.75 Å². The predicted molar refractivity (Wildman–Crippen MR) is 94.1 cm³/mol. The summed E-state index contributed by atoms with van der Waals surface area (Å²) in [4.78, 5) is 5.35. The number of aromatic nitrogens is 1. The van der Waals surface area contributed by atoms with Crippen LogP contribution in [0.25, 0.3) is 0 Å². The summed E-state index contributed by atoms with van der Waals surface area (Å²) in [5.74, 6) is 0.947. The minimum absolute atomic E-state index is 0.213. The molecule has 5 rings (SSSR count). The van der Waals surface area contributed by atoms with E-state index in [4.69, 9.17) is 9.84 Å². The smallest absolute Gasteiger partial charge is 0.213 e. The van der Waals surface area contributed by atoms with Gasteiger partial charge in [0.05, 0.1) is 16.6 Å². The van der Waals surface area contributed by atoms with Gasteiger partial charge >= 0.3 is 0 Å². The van der Waals surface area contributed by atoms with Gasteiger partial charge in [-0.15, -0.1) is 11.3 Å². The number of hydrogen-bond donors (Lipinski definition) is 0. The molecule has 0 radical (unpaired) electrons. The molecule has 0 unspecified atom stereocenters. The fourth-order valence-electron chi connectivity index (χ4n) is 3.37.